The number of hydrogen-bond donors (Lipinski definition) is 0. The smallest absolute Gasteiger partial charge is 0.148 e. The number of para-hydroxylation sites is 3. The van der Waals surface area contributed by atoms with Crippen LogP contribution in [0, 0.1) is 0 Å². The van der Waals surface area contributed by atoms with Gasteiger partial charge in [-0.2, -0.15) is 0 Å². The Kier molecular flexibility index (Phi) is 3.28. The van der Waals surface area contributed by atoms with Crippen LogP contribution in [0.15, 0.2) is 115 Å². The predicted octanol–water partition coefficient (Wildman–Crippen LogP) is 8.39. The number of fused-ring (bicyclic) bond motifs is 10. The van der Waals surface area contributed by atoms with Crippen molar-refractivity contribution in [1.29, 1.82) is 0 Å². The minimum absolute atomic E-state index is 1.00. The van der Waals surface area contributed by atoms with Crippen molar-refractivity contribution in [1.82, 2.24) is 14.0 Å². The molecule has 0 saturated carbocycles. The van der Waals surface area contributed by atoms with Gasteiger partial charge in [0.1, 0.15) is 5.65 Å². The number of aromatic nitrogens is 3. The largest absolute Gasteiger partial charge is 0.308 e. The Morgan fingerprint density at radius 1 is 0.472 bits per heavy atom. The molecule has 3 heterocycles. The second-order valence-corrected chi connectivity index (χ2v) is 9.63. The first-order valence-corrected chi connectivity index (χ1v) is 12.3. The van der Waals surface area contributed by atoms with Crippen LogP contribution in [-0.2, 0) is 0 Å². The molecule has 0 N–H and O–H groups in total. The molecule has 0 bridgehead atoms. The summed E-state index contributed by atoms with van der Waals surface area (Å²) in [5.74, 6) is 0. The van der Waals surface area contributed by atoms with Gasteiger partial charge in [0.05, 0.1) is 33.1 Å². The molecule has 36 heavy (non-hydrogen) atoms. The Balaban J connectivity index is 1.46. The summed E-state index contributed by atoms with van der Waals surface area (Å²) in [6, 6.07) is 39.4. The minimum Gasteiger partial charge on any atom is -0.308 e. The van der Waals surface area contributed by atoms with Gasteiger partial charge in [-0.15, -0.1) is 0 Å². The van der Waals surface area contributed by atoms with Crippen LogP contribution in [0.4, 0.5) is 0 Å². The van der Waals surface area contributed by atoms with Gasteiger partial charge in [0.25, 0.3) is 0 Å². The highest BCUT2D eigenvalue weighted by atomic mass is 15.0. The maximum absolute atomic E-state index is 5.08. The van der Waals surface area contributed by atoms with Crippen molar-refractivity contribution >= 4 is 49.3 Å². The molecule has 3 aromatic heterocycles. The summed E-state index contributed by atoms with van der Waals surface area (Å²) in [5.41, 5.74) is 12.0. The molecule has 3 nitrogen and oxygen atoms in total. The van der Waals surface area contributed by atoms with E-state index in [0.717, 1.165) is 16.7 Å². The first-order chi connectivity index (χ1) is 17.9. The molecule has 0 radical (unpaired) electrons. The van der Waals surface area contributed by atoms with Crippen molar-refractivity contribution in [2.45, 2.75) is 0 Å². The average molecular weight is 458 g/mol. The molecular formula is C33H19N3. The molecule has 8 aromatic rings. The van der Waals surface area contributed by atoms with Crippen molar-refractivity contribution in [3.05, 3.63) is 115 Å². The molecule has 0 amide bonds. The molecule has 166 valence electrons. The fourth-order valence-electron chi connectivity index (χ4n) is 6.42. The van der Waals surface area contributed by atoms with Gasteiger partial charge in [-0.05, 0) is 58.0 Å². The molecule has 1 aliphatic rings. The lowest BCUT2D eigenvalue weighted by Gasteiger charge is -2.13. The summed E-state index contributed by atoms with van der Waals surface area (Å²) in [6.45, 7) is 0. The third-order valence-corrected chi connectivity index (χ3v) is 7.88. The Morgan fingerprint density at radius 2 is 1.17 bits per heavy atom. The van der Waals surface area contributed by atoms with E-state index >= 15 is 0 Å². The first kappa shape index (κ1) is 18.4. The van der Waals surface area contributed by atoms with Gasteiger partial charge in [0, 0.05) is 17.0 Å². The van der Waals surface area contributed by atoms with E-state index in [0.29, 0.717) is 0 Å². The van der Waals surface area contributed by atoms with Gasteiger partial charge < -0.3 is 4.57 Å². The van der Waals surface area contributed by atoms with E-state index in [2.05, 4.69) is 124 Å². The molecule has 3 heteroatoms. The molecule has 0 fully saturated rings. The van der Waals surface area contributed by atoms with Gasteiger partial charge in [0.2, 0.25) is 0 Å². The van der Waals surface area contributed by atoms with E-state index in [1.54, 1.807) is 0 Å². The van der Waals surface area contributed by atoms with Crippen molar-refractivity contribution in [2.24, 2.45) is 0 Å². The van der Waals surface area contributed by atoms with E-state index < -0.39 is 0 Å². The lowest BCUT2D eigenvalue weighted by atomic mass is 10.0. The lowest BCUT2D eigenvalue weighted by molar-refractivity contribution is 1.18. The molecular weight excluding hydrogens is 438 g/mol. The highest BCUT2D eigenvalue weighted by Gasteiger charge is 2.24. The van der Waals surface area contributed by atoms with Crippen LogP contribution >= 0.6 is 0 Å². The van der Waals surface area contributed by atoms with Crippen LogP contribution in [0.5, 0.6) is 0 Å². The van der Waals surface area contributed by atoms with Crippen LogP contribution in [-0.4, -0.2) is 14.0 Å². The highest BCUT2D eigenvalue weighted by Crippen LogP contribution is 2.49. The zero-order valence-electron chi connectivity index (χ0n) is 19.3. The summed E-state index contributed by atoms with van der Waals surface area (Å²) in [5, 5.41) is 5.03. The third kappa shape index (κ3) is 2.12. The summed E-state index contributed by atoms with van der Waals surface area (Å²) in [7, 11) is 0. The maximum Gasteiger partial charge on any atom is 0.148 e. The van der Waals surface area contributed by atoms with Crippen LogP contribution in [0.3, 0.4) is 0 Å². The van der Waals surface area contributed by atoms with Gasteiger partial charge >= 0.3 is 0 Å². The van der Waals surface area contributed by atoms with Crippen molar-refractivity contribution in [2.75, 3.05) is 0 Å². The summed E-state index contributed by atoms with van der Waals surface area (Å²) < 4.78 is 4.65. The van der Waals surface area contributed by atoms with Crippen LogP contribution in [0.1, 0.15) is 0 Å². The summed E-state index contributed by atoms with van der Waals surface area (Å²) in [6.07, 6.45) is 2.16. The monoisotopic (exact) mass is 457 g/mol. The van der Waals surface area contributed by atoms with Crippen LogP contribution < -0.4 is 0 Å². The second kappa shape index (κ2) is 6.41. The average Bonchev–Trinajstić information content (AvgIpc) is 3.58. The molecule has 0 atom stereocenters. The topological polar surface area (TPSA) is 22.2 Å². The molecule has 0 unspecified atom stereocenters. The number of pyridine rings is 1. The number of benzene rings is 5. The number of nitrogens with zero attached hydrogens (tertiary/aromatic N) is 3. The predicted molar refractivity (Wildman–Crippen MR) is 149 cm³/mol. The van der Waals surface area contributed by atoms with Crippen molar-refractivity contribution in [3.8, 4) is 27.9 Å². The van der Waals surface area contributed by atoms with E-state index in [4.69, 9.17) is 4.98 Å². The van der Waals surface area contributed by atoms with Gasteiger partial charge in [-0.25, -0.2) is 4.98 Å². The fourth-order valence-corrected chi connectivity index (χ4v) is 6.42. The summed E-state index contributed by atoms with van der Waals surface area (Å²) in [4.78, 5) is 5.08. The van der Waals surface area contributed by atoms with Gasteiger partial charge in [0.15, 0.2) is 0 Å². The molecule has 0 saturated heterocycles. The highest BCUT2D eigenvalue weighted by molar-refractivity contribution is 6.20. The maximum atomic E-state index is 5.08. The number of hydrogen-bond acceptors (Lipinski definition) is 1. The van der Waals surface area contributed by atoms with Gasteiger partial charge in [-0.3, -0.25) is 4.40 Å². The van der Waals surface area contributed by atoms with Crippen LogP contribution in [0.25, 0.3) is 77.2 Å². The molecule has 0 aliphatic heterocycles. The Bertz CT molecular complexity index is 2180. The minimum atomic E-state index is 1.00. The normalized spacial score (nSPS) is 12.4. The fraction of sp³-hybridized carbons (Fsp3) is 0. The SMILES string of the molecule is c1ccc2c(c1)-c1cccc3c(-n4c5ccccc5c5c4ccn4c6ccccc6nc54)ccc-2c13. The zero-order chi connectivity index (χ0) is 23.4. The van der Waals surface area contributed by atoms with E-state index in [-0.39, 0.29) is 0 Å². The van der Waals surface area contributed by atoms with Crippen LogP contribution in [0.2, 0.25) is 0 Å². The third-order valence-electron chi connectivity index (χ3n) is 7.88. The Labute approximate surface area is 206 Å². The zero-order valence-corrected chi connectivity index (χ0v) is 19.3. The van der Waals surface area contributed by atoms with E-state index in [1.807, 2.05) is 0 Å². The van der Waals surface area contributed by atoms with E-state index in [9.17, 15) is 0 Å². The number of rotatable bonds is 1. The second-order valence-electron chi connectivity index (χ2n) is 9.63. The standard InChI is InChI=1S/C33H19N3/c1-2-9-21-20(8-1)22-11-7-12-24-28(17-16-23(21)31(22)24)36-27-14-5-3-10-25(27)32-30(36)18-19-35-29-15-6-4-13-26(29)34-33(32)35/h1-19H. The quantitative estimate of drug-likeness (QED) is 0.243. The summed E-state index contributed by atoms with van der Waals surface area (Å²) >= 11 is 0. The van der Waals surface area contributed by atoms with Gasteiger partial charge in [-0.1, -0.05) is 78.9 Å². The Hall–Kier alpha value is -4.89. The van der Waals surface area contributed by atoms with Crippen molar-refractivity contribution in [3.63, 3.8) is 0 Å². The van der Waals surface area contributed by atoms with Crippen molar-refractivity contribution < 1.29 is 0 Å². The number of imidazole rings is 1. The molecule has 9 rings (SSSR count). The first-order valence-electron chi connectivity index (χ1n) is 12.3. The molecule has 5 aromatic carbocycles. The Morgan fingerprint density at radius 3 is 2.06 bits per heavy atom. The lowest BCUT2D eigenvalue weighted by Crippen LogP contribution is -1.96. The molecule has 1 aliphatic carbocycles. The molecule has 0 spiro atoms. The van der Waals surface area contributed by atoms with E-state index in [1.165, 1.54) is 60.5 Å².